The molecule has 0 atom stereocenters. The van der Waals surface area contributed by atoms with Crippen LogP contribution in [-0.4, -0.2) is 36.9 Å². The van der Waals surface area contributed by atoms with Crippen molar-refractivity contribution in [1.82, 2.24) is 10.9 Å². The summed E-state index contributed by atoms with van der Waals surface area (Å²) >= 11 is 9.79. The molecule has 7 nitrogen and oxygen atoms in total. The summed E-state index contributed by atoms with van der Waals surface area (Å²) in [6.45, 7) is 0. The molecule has 0 saturated carbocycles. The molecule has 0 spiro atoms. The number of rotatable bonds is 5. The quantitative estimate of drug-likeness (QED) is 0.258. The van der Waals surface area contributed by atoms with Crippen LogP contribution in [0.4, 0.5) is 5.69 Å². The van der Waals surface area contributed by atoms with E-state index in [1.54, 1.807) is 38.4 Å². The summed E-state index contributed by atoms with van der Waals surface area (Å²) in [5, 5.41) is 8.10. The number of amidine groups is 2. The average molecular weight is 388 g/mol. The first kappa shape index (κ1) is 20.4. The van der Waals surface area contributed by atoms with E-state index in [1.807, 2.05) is 0 Å². The Kier molecular flexibility index (Phi) is 11.1. The third-order valence-corrected chi connectivity index (χ3v) is 2.50. The van der Waals surface area contributed by atoms with Crippen molar-refractivity contribution in [3.63, 3.8) is 0 Å². The number of benzene rings is 1. The largest absolute Gasteiger partial charge is 2.00 e. The van der Waals surface area contributed by atoms with E-state index in [0.29, 0.717) is 5.69 Å². The summed E-state index contributed by atoms with van der Waals surface area (Å²) in [4.78, 5) is 7.84. The average Bonchev–Trinajstić information content (AvgIpc) is 2.51. The first-order chi connectivity index (χ1) is 10.2. The van der Waals surface area contributed by atoms with E-state index in [-0.39, 0.29) is 29.8 Å². The van der Waals surface area contributed by atoms with Crippen molar-refractivity contribution in [2.75, 3.05) is 14.2 Å². The van der Waals surface area contributed by atoms with Crippen molar-refractivity contribution in [3.8, 4) is 5.75 Å². The Bertz CT molecular complexity index is 559. The Morgan fingerprint density at radius 1 is 1.05 bits per heavy atom. The molecule has 0 aliphatic carbocycles. The predicted octanol–water partition coefficient (Wildman–Crippen LogP) is 0.911. The van der Waals surface area contributed by atoms with E-state index in [9.17, 15) is 0 Å². The third-order valence-electron chi connectivity index (χ3n) is 2.04. The summed E-state index contributed by atoms with van der Waals surface area (Å²) in [6.07, 6.45) is 2.81. The van der Waals surface area contributed by atoms with E-state index < -0.39 is 0 Å². The maximum atomic E-state index is 5.05. The van der Waals surface area contributed by atoms with Gasteiger partial charge in [-0.2, -0.15) is 10.2 Å². The Hall–Kier alpha value is -1.64. The minimum Gasteiger partial charge on any atom is -0.741 e. The number of ether oxygens (including phenoxy) is 1. The molecule has 0 fully saturated rings. The molecule has 1 aromatic rings. The molecule has 0 aliphatic rings. The summed E-state index contributed by atoms with van der Waals surface area (Å²) in [5.41, 5.74) is 5.81. The molecule has 10 heteroatoms. The van der Waals surface area contributed by atoms with Crippen molar-refractivity contribution >= 4 is 53.7 Å². The minimum absolute atomic E-state index is 0. The zero-order chi connectivity index (χ0) is 15.5. The molecule has 0 aliphatic heterocycles. The molecule has 0 radical (unpaired) electrons. The fourth-order valence-corrected chi connectivity index (χ4v) is 1.31. The second kappa shape index (κ2) is 12.0. The standard InChI is InChI=1S/C12H16N6OS2.Zn/c1-13-11(20)17-14-7-8-15-18-12(21)16-9-3-5-10(19-2)6-4-9;/h3-8H,1-2H3,(H2,13,17,20)(H2,16,18,21);/q;+2/p-2/b14-7+,15-8+;. The number of methoxy groups -OCH3 is 1. The summed E-state index contributed by atoms with van der Waals surface area (Å²) in [7, 11) is 3.17. The molecule has 0 amide bonds. The van der Waals surface area contributed by atoms with Crippen molar-refractivity contribution in [1.29, 1.82) is 0 Å². The number of nitrogens with zero attached hydrogens (tertiary/aromatic N) is 4. The van der Waals surface area contributed by atoms with Gasteiger partial charge in [0.05, 0.1) is 25.2 Å². The summed E-state index contributed by atoms with van der Waals surface area (Å²) in [6, 6.07) is 7.17. The van der Waals surface area contributed by atoms with Crippen LogP contribution in [0.5, 0.6) is 5.75 Å². The van der Waals surface area contributed by atoms with Gasteiger partial charge in [-0.25, -0.2) is 0 Å². The monoisotopic (exact) mass is 386 g/mol. The first-order valence-electron chi connectivity index (χ1n) is 5.76. The maximum absolute atomic E-state index is 5.05. The van der Waals surface area contributed by atoms with Crippen molar-refractivity contribution < 1.29 is 24.2 Å². The van der Waals surface area contributed by atoms with E-state index in [2.05, 4.69) is 31.0 Å². The van der Waals surface area contributed by atoms with Crippen LogP contribution in [0.25, 0.3) is 0 Å². The van der Waals surface area contributed by atoms with Crippen molar-refractivity contribution in [2.24, 2.45) is 20.2 Å². The molecule has 0 unspecified atom stereocenters. The van der Waals surface area contributed by atoms with Gasteiger partial charge in [0.2, 0.25) is 0 Å². The second-order valence-electron chi connectivity index (χ2n) is 3.42. The van der Waals surface area contributed by atoms with E-state index in [0.717, 1.165) is 5.75 Å². The normalized spacial score (nSPS) is 12.3. The molecule has 1 aromatic carbocycles. The second-order valence-corrected chi connectivity index (χ2v) is 4.20. The number of hydrogen-bond acceptors (Lipinski definition) is 7. The fraction of sp³-hybridized carbons (Fsp3) is 0.167. The Morgan fingerprint density at radius 2 is 1.59 bits per heavy atom. The van der Waals surface area contributed by atoms with Crippen LogP contribution in [0.15, 0.2) is 44.5 Å². The van der Waals surface area contributed by atoms with E-state index in [1.165, 1.54) is 12.4 Å². The number of aliphatic imine (C=N–C) groups is 2. The number of hydrogen-bond donors (Lipinski definition) is 2. The van der Waals surface area contributed by atoms with Crippen LogP contribution in [0.1, 0.15) is 0 Å². The fourth-order valence-electron chi connectivity index (χ4n) is 1.10. The van der Waals surface area contributed by atoms with E-state index in [4.69, 9.17) is 30.0 Å². The molecule has 1 rings (SSSR count). The minimum atomic E-state index is 0. The molecule has 0 heterocycles. The van der Waals surface area contributed by atoms with Crippen molar-refractivity contribution in [2.45, 2.75) is 0 Å². The molecular formula is C12H14N6OS2Zn. The van der Waals surface area contributed by atoms with Gasteiger partial charge in [-0.1, -0.05) is 0 Å². The van der Waals surface area contributed by atoms with Gasteiger partial charge in [0.15, 0.2) is 0 Å². The maximum Gasteiger partial charge on any atom is 2.00 e. The third kappa shape index (κ3) is 8.61. The SMILES string of the molecule is CN=C([S-])N/N=C/C=N/NC([S-])=Nc1ccc(OC)cc1.[Zn+2]. The van der Waals surface area contributed by atoms with E-state index >= 15 is 0 Å². The number of nitrogens with one attached hydrogen (secondary N) is 2. The molecule has 2 N–H and O–H groups in total. The van der Waals surface area contributed by atoms with Gasteiger partial charge in [-0.15, -0.1) is 0 Å². The van der Waals surface area contributed by atoms with Crippen LogP contribution in [0, 0.1) is 0 Å². The Labute approximate surface area is 153 Å². The van der Waals surface area contributed by atoms with Crippen LogP contribution in [-0.2, 0) is 44.7 Å². The molecule has 22 heavy (non-hydrogen) atoms. The van der Waals surface area contributed by atoms with Crippen LogP contribution < -0.4 is 15.6 Å². The topological polar surface area (TPSA) is 82.7 Å². The van der Waals surface area contributed by atoms with Gasteiger partial charge in [0.25, 0.3) is 0 Å². The summed E-state index contributed by atoms with van der Waals surface area (Å²) in [5.74, 6) is 0.756. The zero-order valence-electron chi connectivity index (χ0n) is 12.2. The van der Waals surface area contributed by atoms with Crippen LogP contribution >= 0.6 is 0 Å². The van der Waals surface area contributed by atoms with Gasteiger partial charge in [0, 0.05) is 12.2 Å². The van der Waals surface area contributed by atoms with Crippen molar-refractivity contribution in [3.05, 3.63) is 24.3 Å². The molecule has 0 aromatic heterocycles. The molecule has 112 valence electrons. The van der Waals surface area contributed by atoms with Crippen LogP contribution in [0.3, 0.4) is 0 Å². The van der Waals surface area contributed by atoms with Crippen LogP contribution in [0.2, 0.25) is 0 Å². The van der Waals surface area contributed by atoms with Gasteiger partial charge < -0.3 is 30.0 Å². The zero-order valence-corrected chi connectivity index (χ0v) is 16.8. The number of hydrazone groups is 2. The first-order valence-corrected chi connectivity index (χ1v) is 6.57. The molecule has 0 bridgehead atoms. The molecule has 0 saturated heterocycles. The van der Waals surface area contributed by atoms with Gasteiger partial charge in [0.1, 0.15) is 5.75 Å². The summed E-state index contributed by atoms with van der Waals surface area (Å²) < 4.78 is 5.05. The van der Waals surface area contributed by atoms with Gasteiger partial charge >= 0.3 is 19.5 Å². The molecular weight excluding hydrogens is 374 g/mol. The smallest absolute Gasteiger partial charge is 0.741 e. The Morgan fingerprint density at radius 3 is 2.09 bits per heavy atom. The van der Waals surface area contributed by atoms with Gasteiger partial charge in [-0.3, -0.25) is 20.8 Å². The van der Waals surface area contributed by atoms with Gasteiger partial charge in [-0.05, 0) is 29.4 Å². The predicted molar refractivity (Wildman–Crippen MR) is 91.4 cm³/mol. The Balaban J connectivity index is 0.00000441.